The third-order valence-corrected chi connectivity index (χ3v) is 8.86. The minimum atomic E-state index is -4.26. The normalized spacial score (nSPS) is 12.8. The number of amides is 2. The Morgan fingerprint density at radius 3 is 2.25 bits per heavy atom. The molecule has 0 aromatic heterocycles. The number of rotatable bonds is 12. The first-order valence-corrected chi connectivity index (χ1v) is 14.9. The van der Waals surface area contributed by atoms with Crippen LogP contribution in [0.15, 0.2) is 77.7 Å². The number of carbonyl (C=O) groups is 2. The van der Waals surface area contributed by atoms with E-state index in [0.717, 1.165) is 4.31 Å². The van der Waals surface area contributed by atoms with Gasteiger partial charge in [0, 0.05) is 22.6 Å². The summed E-state index contributed by atoms with van der Waals surface area (Å²) < 4.78 is 34.2. The van der Waals surface area contributed by atoms with Gasteiger partial charge in [0.25, 0.3) is 10.0 Å². The molecule has 0 bridgehead atoms. The third kappa shape index (κ3) is 7.47. The van der Waals surface area contributed by atoms with Crippen LogP contribution in [0.25, 0.3) is 0 Å². The van der Waals surface area contributed by atoms with Crippen LogP contribution in [0.3, 0.4) is 0 Å². The lowest BCUT2D eigenvalue weighted by Crippen LogP contribution is -2.52. The van der Waals surface area contributed by atoms with Gasteiger partial charge < -0.3 is 15.0 Å². The Kier molecular flexibility index (Phi) is 10.8. The Balaban J connectivity index is 2.09. The number of methoxy groups -OCH3 is 1. The zero-order valence-electron chi connectivity index (χ0n) is 22.8. The van der Waals surface area contributed by atoms with Crippen molar-refractivity contribution < 1.29 is 22.7 Å². The molecular weight excluding hydrogens is 573 g/mol. The van der Waals surface area contributed by atoms with Gasteiger partial charge in [0.1, 0.15) is 18.3 Å². The van der Waals surface area contributed by atoms with Crippen LogP contribution >= 0.6 is 23.2 Å². The van der Waals surface area contributed by atoms with Crippen LogP contribution in [-0.4, -0.2) is 50.9 Å². The number of anilines is 1. The molecule has 2 amide bonds. The van der Waals surface area contributed by atoms with Gasteiger partial charge in [-0.25, -0.2) is 8.42 Å². The number of hydrogen-bond donors (Lipinski definition) is 1. The van der Waals surface area contributed by atoms with Crippen LogP contribution in [0.1, 0.15) is 32.8 Å². The maximum Gasteiger partial charge on any atom is 0.264 e. The van der Waals surface area contributed by atoms with Crippen molar-refractivity contribution >= 4 is 50.7 Å². The van der Waals surface area contributed by atoms with Crippen LogP contribution < -0.4 is 14.4 Å². The van der Waals surface area contributed by atoms with Gasteiger partial charge in [0.15, 0.2) is 0 Å². The average molecular weight is 607 g/mol. The second-order valence-electron chi connectivity index (χ2n) is 9.25. The van der Waals surface area contributed by atoms with Crippen molar-refractivity contribution in [2.24, 2.45) is 0 Å². The van der Waals surface area contributed by atoms with Crippen LogP contribution in [0.2, 0.25) is 10.0 Å². The molecule has 0 saturated carbocycles. The van der Waals surface area contributed by atoms with Crippen molar-refractivity contribution in [3.8, 4) is 5.75 Å². The second-order valence-corrected chi connectivity index (χ2v) is 12.0. The van der Waals surface area contributed by atoms with Crippen LogP contribution in [0.5, 0.6) is 5.75 Å². The number of nitrogens with one attached hydrogen (secondary N) is 1. The summed E-state index contributed by atoms with van der Waals surface area (Å²) >= 11 is 12.7. The minimum Gasteiger partial charge on any atom is -0.495 e. The molecule has 0 saturated heterocycles. The van der Waals surface area contributed by atoms with E-state index in [-0.39, 0.29) is 39.8 Å². The van der Waals surface area contributed by atoms with E-state index in [9.17, 15) is 18.0 Å². The van der Waals surface area contributed by atoms with Crippen molar-refractivity contribution in [3.05, 3.63) is 88.4 Å². The fourth-order valence-corrected chi connectivity index (χ4v) is 5.75. The summed E-state index contributed by atoms with van der Waals surface area (Å²) in [6.45, 7) is 4.76. The molecule has 0 aliphatic rings. The summed E-state index contributed by atoms with van der Waals surface area (Å²) in [4.78, 5) is 28.5. The van der Waals surface area contributed by atoms with E-state index in [1.807, 2.05) is 13.8 Å². The van der Waals surface area contributed by atoms with E-state index in [1.165, 1.54) is 36.3 Å². The number of sulfonamides is 1. The van der Waals surface area contributed by atoms with Gasteiger partial charge in [-0.1, -0.05) is 66.5 Å². The molecule has 0 unspecified atom stereocenters. The Labute approximate surface area is 245 Å². The summed E-state index contributed by atoms with van der Waals surface area (Å²) in [6.07, 6.45) is 0.703. The predicted octanol–water partition coefficient (Wildman–Crippen LogP) is 5.53. The predicted molar refractivity (Wildman–Crippen MR) is 158 cm³/mol. The summed E-state index contributed by atoms with van der Waals surface area (Å²) in [5, 5.41) is 3.57. The first-order chi connectivity index (χ1) is 19.0. The van der Waals surface area contributed by atoms with Crippen molar-refractivity contribution in [2.75, 3.05) is 18.0 Å². The average Bonchev–Trinajstić information content (AvgIpc) is 2.95. The lowest BCUT2D eigenvalue weighted by Gasteiger charge is -2.33. The number of nitrogens with zero attached hydrogens (tertiary/aromatic N) is 2. The number of benzene rings is 3. The van der Waals surface area contributed by atoms with Crippen molar-refractivity contribution in [2.45, 2.75) is 50.7 Å². The first-order valence-electron chi connectivity index (χ1n) is 12.7. The van der Waals surface area contributed by atoms with E-state index in [1.54, 1.807) is 55.5 Å². The number of halogens is 2. The maximum absolute atomic E-state index is 14.0. The Bertz CT molecular complexity index is 1440. The molecule has 0 aliphatic carbocycles. The topological polar surface area (TPSA) is 96.0 Å². The molecule has 2 atom stereocenters. The molecule has 0 fully saturated rings. The fourth-order valence-electron chi connectivity index (χ4n) is 3.95. The van der Waals surface area contributed by atoms with Gasteiger partial charge in [0.2, 0.25) is 11.8 Å². The highest BCUT2D eigenvalue weighted by molar-refractivity contribution is 7.92. The van der Waals surface area contributed by atoms with E-state index >= 15 is 0 Å². The molecule has 0 heterocycles. The number of hydrogen-bond acceptors (Lipinski definition) is 5. The van der Waals surface area contributed by atoms with Gasteiger partial charge in [-0.3, -0.25) is 13.9 Å². The minimum absolute atomic E-state index is 0.0144. The lowest BCUT2D eigenvalue weighted by atomic mass is 10.1. The molecule has 3 rings (SSSR count). The molecule has 8 nitrogen and oxygen atoms in total. The molecule has 1 N–H and O–H groups in total. The van der Waals surface area contributed by atoms with Crippen LogP contribution in [-0.2, 0) is 26.2 Å². The van der Waals surface area contributed by atoms with Crippen molar-refractivity contribution in [1.29, 1.82) is 0 Å². The van der Waals surface area contributed by atoms with Gasteiger partial charge in [-0.2, -0.15) is 0 Å². The highest BCUT2D eigenvalue weighted by Crippen LogP contribution is 2.35. The smallest absolute Gasteiger partial charge is 0.264 e. The van der Waals surface area contributed by atoms with Crippen LogP contribution in [0.4, 0.5) is 5.69 Å². The van der Waals surface area contributed by atoms with Crippen molar-refractivity contribution in [1.82, 2.24) is 10.2 Å². The zero-order chi connectivity index (χ0) is 29.4. The monoisotopic (exact) mass is 605 g/mol. The van der Waals surface area contributed by atoms with Crippen molar-refractivity contribution in [3.63, 3.8) is 0 Å². The molecule has 3 aromatic rings. The molecule has 3 aromatic carbocycles. The number of ether oxygens (including phenoxy) is 1. The number of carbonyl (C=O) groups excluding carboxylic acids is 2. The van der Waals surface area contributed by atoms with E-state index in [0.29, 0.717) is 17.0 Å². The summed E-state index contributed by atoms with van der Waals surface area (Å²) in [6, 6.07) is 18.2. The molecule has 40 heavy (non-hydrogen) atoms. The Morgan fingerprint density at radius 1 is 0.975 bits per heavy atom. The van der Waals surface area contributed by atoms with Gasteiger partial charge in [-0.05, 0) is 62.2 Å². The quantitative estimate of drug-likeness (QED) is 0.293. The van der Waals surface area contributed by atoms with Gasteiger partial charge in [-0.15, -0.1) is 0 Å². The standard InChI is InChI=1S/C29H33Cl2N3O5S/c1-5-20(2)32-29(36)21(3)33(18-22-11-9-10-14-25(22)31)28(35)19-34(26-17-23(30)15-16-27(26)39-4)40(37,38)24-12-7-6-8-13-24/h6-17,20-21H,5,18-19H2,1-4H3,(H,32,36)/t20-,21-/m0/s1. The highest BCUT2D eigenvalue weighted by atomic mass is 35.5. The van der Waals surface area contributed by atoms with Crippen LogP contribution in [0, 0.1) is 0 Å². The molecule has 11 heteroatoms. The summed E-state index contributed by atoms with van der Waals surface area (Å²) in [7, 11) is -2.87. The summed E-state index contributed by atoms with van der Waals surface area (Å²) in [5.74, 6) is -0.780. The SMILES string of the molecule is CC[C@H](C)NC(=O)[C@H](C)N(Cc1ccccc1Cl)C(=O)CN(c1cc(Cl)ccc1OC)S(=O)(=O)c1ccccc1. The van der Waals surface area contributed by atoms with Gasteiger partial charge >= 0.3 is 0 Å². The molecular formula is C29H33Cl2N3O5S. The lowest BCUT2D eigenvalue weighted by molar-refractivity contribution is -0.139. The second kappa shape index (κ2) is 13.9. The first kappa shape index (κ1) is 31.3. The maximum atomic E-state index is 14.0. The van der Waals surface area contributed by atoms with E-state index in [2.05, 4.69) is 5.32 Å². The fraction of sp³-hybridized carbons (Fsp3) is 0.310. The van der Waals surface area contributed by atoms with E-state index < -0.39 is 28.5 Å². The third-order valence-electron chi connectivity index (χ3n) is 6.49. The Morgan fingerprint density at radius 2 is 1.62 bits per heavy atom. The highest BCUT2D eigenvalue weighted by Gasteiger charge is 2.34. The molecule has 0 radical (unpaired) electrons. The zero-order valence-corrected chi connectivity index (χ0v) is 25.1. The summed E-state index contributed by atoms with van der Waals surface area (Å²) in [5.41, 5.74) is 0.695. The molecule has 214 valence electrons. The van der Waals surface area contributed by atoms with Gasteiger partial charge in [0.05, 0.1) is 17.7 Å². The molecule has 0 spiro atoms. The van der Waals surface area contributed by atoms with E-state index in [4.69, 9.17) is 27.9 Å². The molecule has 0 aliphatic heterocycles. The largest absolute Gasteiger partial charge is 0.495 e. The Hall–Kier alpha value is -3.27.